The number of benzene rings is 1. The van der Waals surface area contributed by atoms with E-state index < -0.39 is 11.6 Å². The van der Waals surface area contributed by atoms with Gasteiger partial charge >= 0.3 is 0 Å². The number of nitrogen functional groups attached to an aromatic ring is 1. The van der Waals surface area contributed by atoms with Crippen LogP contribution in [0.15, 0.2) is 30.6 Å². The molecule has 0 saturated carbocycles. The third-order valence-electron chi connectivity index (χ3n) is 7.24. The largest absolute Gasteiger partial charge is 0.462 e. The summed E-state index contributed by atoms with van der Waals surface area (Å²) in [6.45, 7) is 6.29. The summed E-state index contributed by atoms with van der Waals surface area (Å²) in [5.41, 5.74) is 5.92. The zero-order valence-corrected chi connectivity index (χ0v) is 21.2. The van der Waals surface area contributed by atoms with Crippen molar-refractivity contribution in [3.63, 3.8) is 0 Å². The van der Waals surface area contributed by atoms with Crippen LogP contribution in [0.25, 0.3) is 11.0 Å². The molecule has 0 radical (unpaired) electrons. The number of hydrogen-bond acceptors (Lipinski definition) is 7. The first-order valence-electron chi connectivity index (χ1n) is 12.8. The van der Waals surface area contributed by atoms with E-state index in [0.717, 1.165) is 11.1 Å². The number of aromatic nitrogens is 4. The minimum Gasteiger partial charge on any atom is -0.462 e. The molecule has 5 rings (SSSR count). The maximum atomic E-state index is 15.8. The highest BCUT2D eigenvalue weighted by Gasteiger charge is 2.45. The summed E-state index contributed by atoms with van der Waals surface area (Å²) in [6, 6.07) is 4.99. The molecule has 37 heavy (non-hydrogen) atoms. The number of rotatable bonds is 6. The van der Waals surface area contributed by atoms with Gasteiger partial charge in [0.15, 0.2) is 5.67 Å². The van der Waals surface area contributed by atoms with Gasteiger partial charge in [0.1, 0.15) is 5.82 Å². The molecule has 11 heteroatoms. The van der Waals surface area contributed by atoms with Crippen molar-refractivity contribution in [1.29, 1.82) is 0 Å². The molecule has 0 unspecified atom stereocenters. The van der Waals surface area contributed by atoms with E-state index >= 15 is 4.39 Å². The van der Waals surface area contributed by atoms with Gasteiger partial charge in [0, 0.05) is 75.6 Å². The fraction of sp³-hybridized carbons (Fsp3) is 0.538. The second-order valence-corrected chi connectivity index (χ2v) is 10.3. The third-order valence-corrected chi connectivity index (χ3v) is 7.24. The van der Waals surface area contributed by atoms with Crippen LogP contribution in [0.5, 0.6) is 6.01 Å². The Labute approximate surface area is 214 Å². The second kappa shape index (κ2) is 10.2. The van der Waals surface area contributed by atoms with Crippen LogP contribution in [-0.2, 0) is 11.3 Å². The number of nitrogens with two attached hydrogens (primary N) is 1. The zero-order valence-electron chi connectivity index (χ0n) is 21.2. The smallest absolute Gasteiger partial charge is 0.297 e. The lowest BCUT2D eigenvalue weighted by molar-refractivity contribution is -0.148. The molecule has 0 bridgehead atoms. The number of nitrogens with zero attached hydrogens (tertiary/aromatic N) is 6. The Bertz CT molecular complexity index is 1250. The zero-order chi connectivity index (χ0) is 26.2. The van der Waals surface area contributed by atoms with Crippen LogP contribution >= 0.6 is 0 Å². The Morgan fingerprint density at radius 2 is 1.84 bits per heavy atom. The van der Waals surface area contributed by atoms with Crippen LogP contribution < -0.4 is 10.5 Å². The molecule has 0 aliphatic carbocycles. The van der Waals surface area contributed by atoms with Crippen molar-refractivity contribution in [1.82, 2.24) is 29.3 Å². The number of hydrogen-bond donors (Lipinski definition) is 1. The monoisotopic (exact) mass is 513 g/mol. The second-order valence-electron chi connectivity index (χ2n) is 10.3. The van der Waals surface area contributed by atoms with Crippen LogP contribution in [0.1, 0.15) is 51.1 Å². The maximum absolute atomic E-state index is 15.8. The van der Waals surface area contributed by atoms with E-state index in [2.05, 4.69) is 19.9 Å². The molecule has 2 aliphatic heterocycles. The van der Waals surface area contributed by atoms with E-state index in [9.17, 15) is 9.18 Å². The summed E-state index contributed by atoms with van der Waals surface area (Å²) < 4.78 is 37.5. The van der Waals surface area contributed by atoms with E-state index in [1.807, 2.05) is 18.4 Å². The van der Waals surface area contributed by atoms with Crippen molar-refractivity contribution in [3.8, 4) is 6.01 Å². The topological polar surface area (TPSA) is 102 Å². The fourth-order valence-electron chi connectivity index (χ4n) is 5.29. The normalized spacial score (nSPS) is 19.0. The molecule has 198 valence electrons. The number of carbonyl (C=O) groups excluding carboxylic acids is 1. The Kier molecular flexibility index (Phi) is 6.98. The lowest BCUT2D eigenvalue weighted by atomic mass is 9.90. The molecular weight excluding hydrogens is 480 g/mol. The van der Waals surface area contributed by atoms with E-state index in [-0.39, 0.29) is 36.8 Å². The number of likely N-dealkylation sites (tertiary alicyclic amines) is 2. The van der Waals surface area contributed by atoms with Gasteiger partial charge in [-0.1, -0.05) is 0 Å². The lowest BCUT2D eigenvalue weighted by Gasteiger charge is -2.40. The highest BCUT2D eigenvalue weighted by atomic mass is 19.1. The summed E-state index contributed by atoms with van der Waals surface area (Å²) in [4.78, 5) is 29.5. The van der Waals surface area contributed by atoms with Crippen molar-refractivity contribution >= 4 is 22.9 Å². The standard InChI is InChI=1S/C26H33F2N7O2/c1-17(2)37-25-32-21-13-19(27)3-4-22(21)35(25)20-5-9-34(10-6-20)23(36)26(28)7-11-33(12-8-26)16-18-14-30-24(29)31-15-18/h3-4,13-15,17,20H,5-12,16H2,1-2H3,(H2,29,30,31). The Hall–Kier alpha value is -3.34. The van der Waals surface area contributed by atoms with Crippen LogP contribution in [0.4, 0.5) is 14.7 Å². The highest BCUT2D eigenvalue weighted by Crippen LogP contribution is 2.35. The number of alkyl halides is 1. The first kappa shape index (κ1) is 25.3. The predicted octanol–water partition coefficient (Wildman–Crippen LogP) is 3.50. The number of piperidine rings is 2. The molecule has 2 aliphatic rings. The first-order chi connectivity index (χ1) is 17.7. The molecule has 1 aromatic carbocycles. The molecule has 4 heterocycles. The highest BCUT2D eigenvalue weighted by molar-refractivity contribution is 5.85. The Balaban J connectivity index is 1.21. The number of amides is 1. The average Bonchev–Trinajstić information content (AvgIpc) is 3.22. The molecule has 0 atom stereocenters. The number of fused-ring (bicyclic) bond motifs is 1. The average molecular weight is 514 g/mol. The summed E-state index contributed by atoms with van der Waals surface area (Å²) >= 11 is 0. The van der Waals surface area contributed by atoms with E-state index in [4.69, 9.17) is 10.5 Å². The van der Waals surface area contributed by atoms with Gasteiger partial charge in [-0.05, 0) is 38.8 Å². The molecule has 1 amide bonds. The molecule has 0 spiro atoms. The van der Waals surface area contributed by atoms with Gasteiger partial charge in [0.05, 0.1) is 17.1 Å². The van der Waals surface area contributed by atoms with Crippen molar-refractivity contribution in [2.45, 2.75) is 63.9 Å². The maximum Gasteiger partial charge on any atom is 0.297 e. The van der Waals surface area contributed by atoms with E-state index in [0.29, 0.717) is 57.1 Å². The van der Waals surface area contributed by atoms with Gasteiger partial charge in [0.25, 0.3) is 11.9 Å². The summed E-state index contributed by atoms with van der Waals surface area (Å²) in [5, 5.41) is 0. The third kappa shape index (κ3) is 5.36. The molecule has 2 aromatic heterocycles. The minimum atomic E-state index is -1.86. The Morgan fingerprint density at radius 1 is 1.16 bits per heavy atom. The van der Waals surface area contributed by atoms with Crippen LogP contribution in [-0.4, -0.2) is 73.2 Å². The number of carbonyl (C=O) groups is 1. The van der Waals surface area contributed by atoms with Gasteiger partial charge in [0.2, 0.25) is 5.95 Å². The van der Waals surface area contributed by atoms with E-state index in [1.165, 1.54) is 12.1 Å². The van der Waals surface area contributed by atoms with Crippen LogP contribution in [0, 0.1) is 5.82 Å². The van der Waals surface area contributed by atoms with Crippen molar-refractivity contribution in [2.24, 2.45) is 0 Å². The van der Waals surface area contributed by atoms with Gasteiger partial charge < -0.3 is 15.4 Å². The Morgan fingerprint density at radius 3 is 2.49 bits per heavy atom. The van der Waals surface area contributed by atoms with Gasteiger partial charge in [-0.2, -0.15) is 4.98 Å². The molecule has 3 aromatic rings. The van der Waals surface area contributed by atoms with Crippen molar-refractivity contribution in [2.75, 3.05) is 31.9 Å². The summed E-state index contributed by atoms with van der Waals surface area (Å²) in [7, 11) is 0. The van der Waals surface area contributed by atoms with Gasteiger partial charge in [-0.25, -0.2) is 18.7 Å². The lowest BCUT2D eigenvalue weighted by Crippen LogP contribution is -2.53. The summed E-state index contributed by atoms with van der Waals surface area (Å²) in [6.07, 6.45) is 4.85. The molecule has 9 nitrogen and oxygen atoms in total. The van der Waals surface area contributed by atoms with Gasteiger partial charge in [-0.15, -0.1) is 0 Å². The number of ether oxygens (including phenoxy) is 1. The number of anilines is 1. The molecule has 2 N–H and O–H groups in total. The van der Waals surface area contributed by atoms with Crippen molar-refractivity contribution < 1.29 is 18.3 Å². The molecule has 2 saturated heterocycles. The molecular formula is C26H33F2N7O2. The van der Waals surface area contributed by atoms with Crippen LogP contribution in [0.2, 0.25) is 0 Å². The van der Waals surface area contributed by atoms with Gasteiger partial charge in [-0.3, -0.25) is 14.3 Å². The molecule has 2 fully saturated rings. The number of imidazole rings is 1. The predicted molar refractivity (Wildman–Crippen MR) is 135 cm³/mol. The van der Waals surface area contributed by atoms with Crippen molar-refractivity contribution in [3.05, 3.63) is 42.0 Å². The minimum absolute atomic E-state index is 0.0211. The van der Waals surface area contributed by atoms with Crippen LogP contribution in [0.3, 0.4) is 0 Å². The quantitative estimate of drug-likeness (QED) is 0.538. The summed E-state index contributed by atoms with van der Waals surface area (Å²) in [5.74, 6) is -0.550. The van der Waals surface area contributed by atoms with E-state index in [1.54, 1.807) is 23.4 Å². The fourth-order valence-corrected chi connectivity index (χ4v) is 5.29. The number of halogens is 2. The first-order valence-corrected chi connectivity index (χ1v) is 12.8. The SMILES string of the molecule is CC(C)Oc1nc2cc(F)ccc2n1C1CCN(C(=O)C2(F)CCN(Cc3cnc(N)nc3)CC2)CC1.